The molecule has 0 spiro atoms. The molecular formula is C30H60O3PtSi. The Labute approximate surface area is 224 Å². The van der Waals surface area contributed by atoms with Gasteiger partial charge in [0.25, 0.3) is 0 Å². The Bertz CT molecular complexity index is 542. The summed E-state index contributed by atoms with van der Waals surface area (Å²) in [7, 11) is 2.67. The second kappa shape index (κ2) is 20.3. The number of hydrogen-bond acceptors (Lipinski definition) is 3. The third-order valence-electron chi connectivity index (χ3n) is 7.23. The summed E-state index contributed by atoms with van der Waals surface area (Å²) in [5.74, 6) is 0. The summed E-state index contributed by atoms with van der Waals surface area (Å²) in [5, 5.41) is 0. The van der Waals surface area contributed by atoms with Crippen molar-refractivity contribution >= 4 is 8.80 Å². The maximum atomic E-state index is 5.88. The van der Waals surface area contributed by atoms with Crippen LogP contribution in [0.15, 0.2) is 21.7 Å². The van der Waals surface area contributed by atoms with Crippen LogP contribution in [0.4, 0.5) is 0 Å². The minimum absolute atomic E-state index is 0.842. The van der Waals surface area contributed by atoms with Crippen LogP contribution in [-0.4, -0.2) is 30.1 Å². The topological polar surface area (TPSA) is 27.7 Å². The number of hydrogen-bond donors (Lipinski definition) is 0. The Balaban J connectivity index is 3.19. The van der Waals surface area contributed by atoms with E-state index in [1.807, 2.05) is 3.96 Å². The van der Waals surface area contributed by atoms with Crippen molar-refractivity contribution in [2.45, 2.75) is 144 Å². The zero-order valence-corrected chi connectivity index (χ0v) is 27.6. The van der Waals surface area contributed by atoms with Crippen LogP contribution in [0.25, 0.3) is 0 Å². The summed E-state index contributed by atoms with van der Waals surface area (Å²) in [6.45, 7) is 6.98. The van der Waals surface area contributed by atoms with Crippen molar-refractivity contribution in [1.29, 1.82) is 0 Å². The summed E-state index contributed by atoms with van der Waals surface area (Å²) < 4.78 is 19.5. The van der Waals surface area contributed by atoms with Crippen LogP contribution >= 0.6 is 0 Å². The van der Waals surface area contributed by atoms with Crippen LogP contribution in [0.2, 0.25) is 20.5 Å². The molecule has 212 valence electrons. The Morgan fingerprint density at radius 2 is 1.03 bits per heavy atom. The minimum atomic E-state index is -2.63. The second-order valence-corrected chi connectivity index (χ2v) is 23.5. The molecule has 0 bridgehead atoms. The van der Waals surface area contributed by atoms with Gasteiger partial charge in [-0.15, -0.1) is 0 Å². The molecule has 0 fully saturated rings. The van der Waals surface area contributed by atoms with E-state index in [0.717, 1.165) is 6.04 Å². The Morgan fingerprint density at radius 1 is 0.629 bits per heavy atom. The first-order chi connectivity index (χ1) is 17.1. The van der Waals surface area contributed by atoms with Crippen LogP contribution in [0, 0.1) is 0 Å². The average molecular weight is 692 g/mol. The van der Waals surface area contributed by atoms with E-state index >= 15 is 0 Å². The van der Waals surface area contributed by atoms with Crippen molar-refractivity contribution in [1.82, 2.24) is 0 Å². The van der Waals surface area contributed by atoms with Crippen LogP contribution in [0.1, 0.15) is 124 Å². The van der Waals surface area contributed by atoms with Crippen molar-refractivity contribution in [3.05, 3.63) is 21.7 Å². The van der Waals surface area contributed by atoms with E-state index in [2.05, 4.69) is 32.9 Å². The molecule has 1 aliphatic carbocycles. The zero-order chi connectivity index (χ0) is 25.8. The van der Waals surface area contributed by atoms with Crippen molar-refractivity contribution in [3.8, 4) is 0 Å². The van der Waals surface area contributed by atoms with E-state index in [9.17, 15) is 0 Å². The van der Waals surface area contributed by atoms with Gasteiger partial charge in [-0.25, -0.2) is 0 Å². The number of allylic oxidation sites excluding steroid dienone is 4. The fraction of sp³-hybridized carbons (Fsp3) is 0.867. The third kappa shape index (κ3) is 12.1. The van der Waals surface area contributed by atoms with Gasteiger partial charge in [0.15, 0.2) is 0 Å². The average Bonchev–Trinajstić information content (AvgIpc) is 3.35. The SMILES string of the molecule is CCCCCC[CH2][Pt]([CH2]CCCCCC)([CH2]CCCCCC)[C]1=C(C[Si](OC)(OC)OC)C=CC1. The van der Waals surface area contributed by atoms with Gasteiger partial charge < -0.3 is 0 Å². The van der Waals surface area contributed by atoms with Crippen LogP contribution in [0.3, 0.4) is 0 Å². The third-order valence-corrected chi connectivity index (χ3v) is 22.9. The molecule has 0 aromatic carbocycles. The molecule has 0 aromatic rings. The maximum absolute atomic E-state index is 5.88. The molecule has 0 amide bonds. The molecule has 0 unspecified atom stereocenters. The molecule has 0 atom stereocenters. The predicted octanol–water partition coefficient (Wildman–Crippen LogP) is 10.4. The van der Waals surface area contributed by atoms with Gasteiger partial charge in [0.2, 0.25) is 0 Å². The van der Waals surface area contributed by atoms with Crippen LogP contribution in [0.5, 0.6) is 0 Å². The predicted molar refractivity (Wildman–Crippen MR) is 153 cm³/mol. The number of rotatable bonds is 24. The van der Waals surface area contributed by atoms with Crippen LogP contribution < -0.4 is 0 Å². The summed E-state index contributed by atoms with van der Waals surface area (Å²) in [4.78, 5) is 4.58. The summed E-state index contributed by atoms with van der Waals surface area (Å²) in [5.41, 5.74) is 1.54. The van der Waals surface area contributed by atoms with Gasteiger partial charge in [0.05, 0.1) is 0 Å². The Hall–Kier alpha value is 0.265. The Kier molecular flexibility index (Phi) is 19.3. The zero-order valence-electron chi connectivity index (χ0n) is 24.3. The van der Waals surface area contributed by atoms with E-state index in [1.165, 1.54) is 123 Å². The summed E-state index contributed by atoms with van der Waals surface area (Å²) >= 11 is -2.14. The first-order valence-corrected chi connectivity index (χ1v) is 22.5. The van der Waals surface area contributed by atoms with Crippen molar-refractivity contribution < 1.29 is 29.3 Å². The van der Waals surface area contributed by atoms with Gasteiger partial charge in [-0.3, -0.25) is 0 Å². The molecule has 1 aliphatic rings. The molecule has 0 radical (unpaired) electrons. The fourth-order valence-electron chi connectivity index (χ4n) is 4.93. The van der Waals surface area contributed by atoms with Gasteiger partial charge in [-0.1, -0.05) is 0 Å². The Morgan fingerprint density at radius 3 is 1.40 bits per heavy atom. The first-order valence-electron chi connectivity index (χ1n) is 14.6. The normalized spacial score (nSPS) is 14.9. The molecular weight excluding hydrogens is 631 g/mol. The molecule has 5 heteroatoms. The summed E-state index contributed by atoms with van der Waals surface area (Å²) in [6.07, 6.45) is 27.1. The monoisotopic (exact) mass is 691 g/mol. The van der Waals surface area contributed by atoms with Gasteiger partial charge in [-0.2, -0.15) is 0 Å². The van der Waals surface area contributed by atoms with Gasteiger partial charge in [0, 0.05) is 0 Å². The molecule has 0 aliphatic heterocycles. The standard InChI is InChI=1S/C9H15O3Si.3C7H15.Pt/c1-10-13(11-2,12-3)8-9-6-4-5-7-9;3*1-3-5-7-6-4-2;/h4,6H,5,8H2,1-3H3;3*1,3-7H2,2H3;. The summed E-state index contributed by atoms with van der Waals surface area (Å²) in [6, 6.07) is 0.842. The molecule has 0 saturated carbocycles. The molecule has 35 heavy (non-hydrogen) atoms. The molecule has 3 nitrogen and oxygen atoms in total. The van der Waals surface area contributed by atoms with E-state index in [-0.39, 0.29) is 0 Å². The van der Waals surface area contributed by atoms with Gasteiger partial charge in [-0.05, 0) is 0 Å². The molecule has 0 N–H and O–H groups in total. The van der Waals surface area contributed by atoms with Crippen molar-refractivity contribution in [2.24, 2.45) is 0 Å². The molecule has 0 heterocycles. The molecule has 0 saturated heterocycles. The van der Waals surface area contributed by atoms with Gasteiger partial charge >= 0.3 is 225 Å². The second-order valence-electron chi connectivity index (χ2n) is 10.00. The quantitative estimate of drug-likeness (QED) is 0.0745. The van der Waals surface area contributed by atoms with Crippen molar-refractivity contribution in [2.75, 3.05) is 21.3 Å². The van der Waals surface area contributed by atoms with Crippen molar-refractivity contribution in [3.63, 3.8) is 0 Å². The van der Waals surface area contributed by atoms with E-state index in [4.69, 9.17) is 13.3 Å². The van der Waals surface area contributed by atoms with E-state index < -0.39 is 24.9 Å². The van der Waals surface area contributed by atoms with E-state index in [1.54, 1.807) is 21.3 Å². The first kappa shape index (κ1) is 33.3. The fourth-order valence-corrected chi connectivity index (χ4v) is 20.3. The van der Waals surface area contributed by atoms with E-state index in [0.29, 0.717) is 0 Å². The molecule has 0 aromatic heterocycles. The van der Waals surface area contributed by atoms with Gasteiger partial charge in [0.1, 0.15) is 0 Å². The number of unbranched alkanes of at least 4 members (excludes halogenated alkanes) is 12. The van der Waals surface area contributed by atoms with Crippen LogP contribution in [-0.2, 0) is 29.3 Å². The molecule has 1 rings (SSSR count).